The van der Waals surface area contributed by atoms with Gasteiger partial charge in [-0.1, -0.05) is 12.8 Å². The Hall–Kier alpha value is -0.760. The highest BCUT2D eigenvalue weighted by Crippen LogP contribution is 2.35. The number of furan rings is 1. The molecule has 14 heavy (non-hydrogen) atoms. The summed E-state index contributed by atoms with van der Waals surface area (Å²) in [5.41, 5.74) is 7.47. The molecule has 0 aromatic carbocycles. The van der Waals surface area contributed by atoms with E-state index in [-0.39, 0.29) is 6.04 Å². The molecule has 1 aromatic rings. The lowest BCUT2D eigenvalue weighted by molar-refractivity contribution is 0.432. The van der Waals surface area contributed by atoms with Crippen molar-refractivity contribution < 1.29 is 4.42 Å². The van der Waals surface area contributed by atoms with E-state index in [0.29, 0.717) is 5.92 Å². The van der Waals surface area contributed by atoms with Gasteiger partial charge >= 0.3 is 0 Å². The zero-order chi connectivity index (χ0) is 10.1. The van der Waals surface area contributed by atoms with E-state index in [1.54, 1.807) is 0 Å². The van der Waals surface area contributed by atoms with E-state index >= 15 is 0 Å². The topological polar surface area (TPSA) is 39.2 Å². The molecule has 1 unspecified atom stereocenters. The molecule has 1 aromatic heterocycles. The lowest BCUT2D eigenvalue weighted by Gasteiger charge is -2.17. The Morgan fingerprint density at radius 3 is 2.50 bits per heavy atom. The van der Waals surface area contributed by atoms with E-state index in [0.717, 1.165) is 11.5 Å². The highest BCUT2D eigenvalue weighted by atomic mass is 16.3. The van der Waals surface area contributed by atoms with Gasteiger partial charge in [-0.15, -0.1) is 0 Å². The molecule has 0 aliphatic heterocycles. The van der Waals surface area contributed by atoms with Gasteiger partial charge in [0.1, 0.15) is 11.5 Å². The van der Waals surface area contributed by atoms with Gasteiger partial charge in [0.05, 0.1) is 0 Å². The van der Waals surface area contributed by atoms with Crippen LogP contribution in [0.4, 0.5) is 0 Å². The lowest BCUT2D eigenvalue weighted by Crippen LogP contribution is -2.19. The normalized spacial score (nSPS) is 20.2. The minimum absolute atomic E-state index is 0.190. The first kappa shape index (κ1) is 9.78. The molecule has 1 aliphatic rings. The summed E-state index contributed by atoms with van der Waals surface area (Å²) in [5, 5.41) is 0. The second-order valence-corrected chi connectivity index (χ2v) is 4.44. The van der Waals surface area contributed by atoms with Gasteiger partial charge in [0.15, 0.2) is 0 Å². The number of hydrogen-bond acceptors (Lipinski definition) is 2. The van der Waals surface area contributed by atoms with Crippen LogP contribution in [0.15, 0.2) is 10.5 Å². The zero-order valence-electron chi connectivity index (χ0n) is 9.05. The molecule has 0 amide bonds. The van der Waals surface area contributed by atoms with Gasteiger partial charge in [0.2, 0.25) is 0 Å². The fraction of sp³-hybridized carbons (Fsp3) is 0.667. The summed E-state index contributed by atoms with van der Waals surface area (Å²) in [7, 11) is 0. The van der Waals surface area contributed by atoms with Crippen LogP contribution in [0.25, 0.3) is 0 Å². The first-order valence-corrected chi connectivity index (χ1v) is 5.51. The Bertz CT molecular complexity index is 310. The lowest BCUT2D eigenvalue weighted by atomic mass is 9.93. The summed E-state index contributed by atoms with van der Waals surface area (Å²) in [6.07, 6.45) is 5.25. The maximum absolute atomic E-state index is 6.25. The fourth-order valence-corrected chi connectivity index (χ4v) is 2.55. The summed E-state index contributed by atoms with van der Waals surface area (Å²) in [6.45, 7) is 4.00. The molecule has 0 spiro atoms. The number of aryl methyl sites for hydroxylation is 2. The van der Waals surface area contributed by atoms with Crippen LogP contribution < -0.4 is 5.73 Å². The standard InChI is InChI=1S/C12H19NO/c1-8-7-11(9(2)14-8)12(13)10-5-3-4-6-10/h7,10,12H,3-6,13H2,1-2H3. The summed E-state index contributed by atoms with van der Waals surface area (Å²) in [4.78, 5) is 0. The Kier molecular flexibility index (Phi) is 2.64. The average molecular weight is 193 g/mol. The predicted molar refractivity (Wildman–Crippen MR) is 57.1 cm³/mol. The third-order valence-corrected chi connectivity index (χ3v) is 3.35. The molecule has 1 heterocycles. The van der Waals surface area contributed by atoms with Gasteiger partial charge in [-0.25, -0.2) is 0 Å². The van der Waals surface area contributed by atoms with Crippen LogP contribution in [0.2, 0.25) is 0 Å². The van der Waals surface area contributed by atoms with Crippen molar-refractivity contribution in [3.63, 3.8) is 0 Å². The SMILES string of the molecule is Cc1cc(C(N)C2CCCC2)c(C)o1. The fourth-order valence-electron chi connectivity index (χ4n) is 2.55. The minimum atomic E-state index is 0.190. The molecule has 0 saturated heterocycles. The summed E-state index contributed by atoms with van der Waals surface area (Å²) in [5.74, 6) is 2.65. The van der Waals surface area contributed by atoms with Crippen LogP contribution in [-0.4, -0.2) is 0 Å². The molecule has 1 fully saturated rings. The monoisotopic (exact) mass is 193 g/mol. The van der Waals surface area contributed by atoms with Crippen molar-refractivity contribution in [2.24, 2.45) is 11.7 Å². The van der Waals surface area contributed by atoms with Gasteiger partial charge in [0, 0.05) is 11.6 Å². The molecule has 0 bridgehead atoms. The number of hydrogen-bond donors (Lipinski definition) is 1. The van der Waals surface area contributed by atoms with Crippen molar-refractivity contribution in [3.05, 3.63) is 23.2 Å². The third-order valence-electron chi connectivity index (χ3n) is 3.35. The summed E-state index contributed by atoms with van der Waals surface area (Å²) < 4.78 is 5.52. The smallest absolute Gasteiger partial charge is 0.105 e. The highest BCUT2D eigenvalue weighted by Gasteiger charge is 2.25. The quantitative estimate of drug-likeness (QED) is 0.784. The summed E-state index contributed by atoms with van der Waals surface area (Å²) >= 11 is 0. The van der Waals surface area contributed by atoms with E-state index < -0.39 is 0 Å². The second-order valence-electron chi connectivity index (χ2n) is 4.44. The van der Waals surface area contributed by atoms with Crippen LogP contribution in [-0.2, 0) is 0 Å². The molecule has 2 rings (SSSR count). The van der Waals surface area contributed by atoms with Crippen LogP contribution in [0.1, 0.15) is 48.8 Å². The number of rotatable bonds is 2. The minimum Gasteiger partial charge on any atom is -0.466 e. The molecule has 2 heteroatoms. The van der Waals surface area contributed by atoms with Crippen molar-refractivity contribution in [1.82, 2.24) is 0 Å². The first-order chi connectivity index (χ1) is 6.68. The largest absolute Gasteiger partial charge is 0.466 e. The molecular formula is C12H19NO. The van der Waals surface area contributed by atoms with Crippen molar-refractivity contribution in [3.8, 4) is 0 Å². The molecule has 1 saturated carbocycles. The van der Waals surface area contributed by atoms with E-state index in [4.69, 9.17) is 10.2 Å². The zero-order valence-corrected chi connectivity index (χ0v) is 9.05. The van der Waals surface area contributed by atoms with Gasteiger partial charge in [0.25, 0.3) is 0 Å². The van der Waals surface area contributed by atoms with E-state index in [1.165, 1.54) is 31.2 Å². The predicted octanol–water partition coefficient (Wildman–Crippen LogP) is 3.09. The van der Waals surface area contributed by atoms with Crippen molar-refractivity contribution in [2.75, 3.05) is 0 Å². The number of nitrogens with two attached hydrogens (primary N) is 1. The van der Waals surface area contributed by atoms with Crippen LogP contribution >= 0.6 is 0 Å². The van der Waals surface area contributed by atoms with Gasteiger partial charge in [-0.2, -0.15) is 0 Å². The Balaban J connectivity index is 2.17. The van der Waals surface area contributed by atoms with Crippen molar-refractivity contribution in [1.29, 1.82) is 0 Å². The summed E-state index contributed by atoms with van der Waals surface area (Å²) in [6, 6.07) is 2.29. The van der Waals surface area contributed by atoms with Crippen molar-refractivity contribution in [2.45, 2.75) is 45.6 Å². The molecule has 2 N–H and O–H groups in total. The third kappa shape index (κ3) is 1.71. The van der Waals surface area contributed by atoms with Crippen LogP contribution in [0.5, 0.6) is 0 Å². The average Bonchev–Trinajstić information content (AvgIpc) is 2.73. The molecule has 2 nitrogen and oxygen atoms in total. The van der Waals surface area contributed by atoms with Gasteiger partial charge < -0.3 is 10.2 Å². The molecule has 1 atom stereocenters. The molecule has 78 valence electrons. The Labute approximate surface area is 85.5 Å². The van der Waals surface area contributed by atoms with Gasteiger partial charge in [-0.3, -0.25) is 0 Å². The van der Waals surface area contributed by atoms with Crippen LogP contribution in [0, 0.1) is 19.8 Å². The van der Waals surface area contributed by atoms with E-state index in [2.05, 4.69) is 6.07 Å². The van der Waals surface area contributed by atoms with Gasteiger partial charge in [-0.05, 0) is 38.7 Å². The highest BCUT2D eigenvalue weighted by molar-refractivity contribution is 5.24. The maximum atomic E-state index is 6.25. The molecule has 1 aliphatic carbocycles. The van der Waals surface area contributed by atoms with Crippen LogP contribution in [0.3, 0.4) is 0 Å². The van der Waals surface area contributed by atoms with E-state index in [9.17, 15) is 0 Å². The Morgan fingerprint density at radius 2 is 2.00 bits per heavy atom. The van der Waals surface area contributed by atoms with Crippen molar-refractivity contribution >= 4 is 0 Å². The second kappa shape index (κ2) is 3.77. The molecular weight excluding hydrogens is 174 g/mol. The molecule has 0 radical (unpaired) electrons. The first-order valence-electron chi connectivity index (χ1n) is 5.51. The Morgan fingerprint density at radius 1 is 1.36 bits per heavy atom. The van der Waals surface area contributed by atoms with E-state index in [1.807, 2.05) is 13.8 Å². The maximum Gasteiger partial charge on any atom is 0.105 e.